The third-order valence-corrected chi connectivity index (χ3v) is 2.86. The summed E-state index contributed by atoms with van der Waals surface area (Å²) in [7, 11) is 0. The van der Waals surface area contributed by atoms with Crippen molar-refractivity contribution in [2.24, 2.45) is 0 Å². The number of hydrogen-bond acceptors (Lipinski definition) is 3. The van der Waals surface area contributed by atoms with Gasteiger partial charge < -0.3 is 5.11 Å². The van der Waals surface area contributed by atoms with Crippen LogP contribution in [0.2, 0.25) is 0 Å². The van der Waals surface area contributed by atoms with Crippen molar-refractivity contribution in [1.29, 1.82) is 0 Å². The summed E-state index contributed by atoms with van der Waals surface area (Å²) in [5.74, 6) is 0.172. The van der Waals surface area contributed by atoms with E-state index in [4.69, 9.17) is 5.11 Å². The van der Waals surface area contributed by atoms with E-state index in [-0.39, 0.29) is 18.4 Å². The van der Waals surface area contributed by atoms with Crippen LogP contribution in [0.5, 0.6) is 0 Å². The SMILES string of the molecule is CCC(CC)N(CCO)C(C)C(C)=O. The van der Waals surface area contributed by atoms with Crippen LogP contribution in [0, 0.1) is 0 Å². The molecule has 1 atom stereocenters. The Morgan fingerprint density at radius 3 is 2.14 bits per heavy atom. The van der Waals surface area contributed by atoms with Crippen molar-refractivity contribution >= 4 is 5.78 Å². The largest absolute Gasteiger partial charge is 0.395 e. The molecule has 0 bridgehead atoms. The molecule has 0 aliphatic heterocycles. The van der Waals surface area contributed by atoms with E-state index in [1.165, 1.54) is 0 Å². The van der Waals surface area contributed by atoms with Crippen LogP contribution in [0.1, 0.15) is 40.5 Å². The first kappa shape index (κ1) is 13.6. The second kappa shape index (κ2) is 6.96. The van der Waals surface area contributed by atoms with Crippen molar-refractivity contribution in [2.75, 3.05) is 13.2 Å². The van der Waals surface area contributed by atoms with Gasteiger partial charge in [0.15, 0.2) is 0 Å². The van der Waals surface area contributed by atoms with Gasteiger partial charge in [-0.1, -0.05) is 13.8 Å². The lowest BCUT2D eigenvalue weighted by Gasteiger charge is -2.33. The van der Waals surface area contributed by atoms with E-state index >= 15 is 0 Å². The molecule has 84 valence electrons. The van der Waals surface area contributed by atoms with Crippen LogP contribution in [0.3, 0.4) is 0 Å². The van der Waals surface area contributed by atoms with Gasteiger partial charge in [-0.15, -0.1) is 0 Å². The third kappa shape index (κ3) is 3.76. The molecule has 0 aliphatic rings. The van der Waals surface area contributed by atoms with Gasteiger partial charge in [0.25, 0.3) is 0 Å². The van der Waals surface area contributed by atoms with Gasteiger partial charge >= 0.3 is 0 Å². The van der Waals surface area contributed by atoms with Crippen LogP contribution in [0.4, 0.5) is 0 Å². The van der Waals surface area contributed by atoms with E-state index in [9.17, 15) is 4.79 Å². The Labute approximate surface area is 87.1 Å². The number of carbonyl (C=O) groups excluding carboxylic acids is 1. The lowest BCUT2D eigenvalue weighted by molar-refractivity contribution is -0.122. The minimum absolute atomic E-state index is 0.0768. The highest BCUT2D eigenvalue weighted by Gasteiger charge is 2.23. The normalized spacial score (nSPS) is 13.6. The molecular weight excluding hydrogens is 178 g/mol. The maximum absolute atomic E-state index is 11.3. The summed E-state index contributed by atoms with van der Waals surface area (Å²) in [5.41, 5.74) is 0. The van der Waals surface area contributed by atoms with Crippen molar-refractivity contribution in [3.63, 3.8) is 0 Å². The molecule has 0 amide bonds. The van der Waals surface area contributed by atoms with Gasteiger partial charge in [0, 0.05) is 12.6 Å². The van der Waals surface area contributed by atoms with Crippen molar-refractivity contribution in [3.8, 4) is 0 Å². The van der Waals surface area contributed by atoms with Gasteiger partial charge in [0.05, 0.1) is 12.6 Å². The van der Waals surface area contributed by atoms with Gasteiger partial charge in [0.2, 0.25) is 0 Å². The van der Waals surface area contributed by atoms with E-state index in [1.54, 1.807) is 6.92 Å². The molecule has 0 rings (SSSR count). The van der Waals surface area contributed by atoms with Gasteiger partial charge in [-0.25, -0.2) is 0 Å². The molecule has 0 aromatic carbocycles. The molecule has 0 saturated carbocycles. The molecule has 0 aromatic rings. The number of hydrogen-bond donors (Lipinski definition) is 1. The Morgan fingerprint density at radius 1 is 1.36 bits per heavy atom. The highest BCUT2D eigenvalue weighted by Crippen LogP contribution is 2.12. The number of aliphatic hydroxyl groups excluding tert-OH is 1. The second-order valence-corrected chi connectivity index (χ2v) is 3.72. The molecule has 0 saturated heterocycles. The maximum Gasteiger partial charge on any atom is 0.146 e. The van der Waals surface area contributed by atoms with Crippen LogP contribution in [-0.4, -0.2) is 41.0 Å². The summed E-state index contributed by atoms with van der Waals surface area (Å²) < 4.78 is 0. The monoisotopic (exact) mass is 201 g/mol. The number of nitrogens with zero attached hydrogens (tertiary/aromatic N) is 1. The molecule has 14 heavy (non-hydrogen) atoms. The predicted octanol–water partition coefficient (Wildman–Crippen LogP) is 1.45. The number of carbonyl (C=O) groups is 1. The van der Waals surface area contributed by atoms with Crippen LogP contribution in [-0.2, 0) is 4.79 Å². The highest BCUT2D eigenvalue weighted by atomic mass is 16.3. The van der Waals surface area contributed by atoms with E-state index < -0.39 is 0 Å². The van der Waals surface area contributed by atoms with Gasteiger partial charge in [-0.05, 0) is 26.7 Å². The van der Waals surface area contributed by atoms with E-state index in [2.05, 4.69) is 18.7 Å². The molecular formula is C11H23NO2. The summed E-state index contributed by atoms with van der Waals surface area (Å²) in [6.45, 7) is 8.46. The van der Waals surface area contributed by atoms with Crippen LogP contribution in [0.25, 0.3) is 0 Å². The number of ketones is 1. The fourth-order valence-corrected chi connectivity index (χ4v) is 1.80. The zero-order valence-electron chi connectivity index (χ0n) is 9.79. The molecule has 1 N–H and O–H groups in total. The van der Waals surface area contributed by atoms with Gasteiger partial charge in [-0.2, -0.15) is 0 Å². The average Bonchev–Trinajstić information content (AvgIpc) is 2.17. The van der Waals surface area contributed by atoms with E-state index in [1.807, 2.05) is 6.92 Å². The van der Waals surface area contributed by atoms with Crippen molar-refractivity contribution in [1.82, 2.24) is 4.90 Å². The quantitative estimate of drug-likeness (QED) is 0.677. The zero-order valence-corrected chi connectivity index (χ0v) is 9.79. The summed E-state index contributed by atoms with van der Waals surface area (Å²) in [6, 6.07) is 0.327. The van der Waals surface area contributed by atoms with Crippen LogP contribution in [0.15, 0.2) is 0 Å². The summed E-state index contributed by atoms with van der Waals surface area (Å²) >= 11 is 0. The molecule has 0 heterocycles. The first-order valence-corrected chi connectivity index (χ1v) is 5.45. The van der Waals surface area contributed by atoms with Crippen LogP contribution < -0.4 is 0 Å². The summed E-state index contributed by atoms with van der Waals surface area (Å²) in [4.78, 5) is 13.4. The Kier molecular flexibility index (Phi) is 6.75. The summed E-state index contributed by atoms with van der Waals surface area (Å²) in [5, 5.41) is 8.95. The van der Waals surface area contributed by atoms with Crippen molar-refractivity contribution in [3.05, 3.63) is 0 Å². The lowest BCUT2D eigenvalue weighted by Crippen LogP contribution is -2.46. The lowest BCUT2D eigenvalue weighted by atomic mass is 10.1. The molecule has 1 unspecified atom stereocenters. The van der Waals surface area contributed by atoms with Gasteiger partial charge in [0.1, 0.15) is 5.78 Å². The molecule has 3 nitrogen and oxygen atoms in total. The van der Waals surface area contributed by atoms with Crippen molar-refractivity contribution < 1.29 is 9.90 Å². The minimum Gasteiger partial charge on any atom is -0.395 e. The van der Waals surface area contributed by atoms with Crippen LogP contribution >= 0.6 is 0 Å². The number of Topliss-reactive ketones (excluding diaryl/α,β-unsaturated/α-hetero) is 1. The topological polar surface area (TPSA) is 40.5 Å². The standard InChI is InChI=1S/C11H23NO2/c1-5-11(6-2)12(7-8-13)9(3)10(4)14/h9,11,13H,5-8H2,1-4H3. The number of rotatable bonds is 7. The van der Waals surface area contributed by atoms with Gasteiger partial charge in [-0.3, -0.25) is 9.69 Å². The maximum atomic E-state index is 11.3. The highest BCUT2D eigenvalue weighted by molar-refractivity contribution is 5.80. The average molecular weight is 201 g/mol. The summed E-state index contributed by atoms with van der Waals surface area (Å²) in [6.07, 6.45) is 2.04. The fourth-order valence-electron chi connectivity index (χ4n) is 1.80. The fraction of sp³-hybridized carbons (Fsp3) is 0.909. The Bertz CT molecular complexity index is 167. The molecule has 0 aliphatic carbocycles. The minimum atomic E-state index is -0.0768. The Morgan fingerprint density at radius 2 is 1.86 bits per heavy atom. The first-order valence-electron chi connectivity index (χ1n) is 5.45. The first-order chi connectivity index (χ1) is 6.58. The Hall–Kier alpha value is -0.410. The molecule has 0 radical (unpaired) electrons. The molecule has 0 aromatic heterocycles. The zero-order chi connectivity index (χ0) is 11.1. The van der Waals surface area contributed by atoms with E-state index in [0.717, 1.165) is 12.8 Å². The third-order valence-electron chi connectivity index (χ3n) is 2.86. The number of aliphatic hydroxyl groups is 1. The van der Waals surface area contributed by atoms with Crippen molar-refractivity contribution in [2.45, 2.75) is 52.6 Å². The smallest absolute Gasteiger partial charge is 0.146 e. The Balaban J connectivity index is 4.46. The second-order valence-electron chi connectivity index (χ2n) is 3.72. The predicted molar refractivity (Wildman–Crippen MR) is 58.3 cm³/mol. The molecule has 0 spiro atoms. The molecule has 0 fully saturated rings. The molecule has 3 heteroatoms. The van der Waals surface area contributed by atoms with E-state index in [0.29, 0.717) is 12.6 Å².